The maximum absolute atomic E-state index is 12.3. The second-order valence-electron chi connectivity index (χ2n) is 5.48. The van der Waals surface area contributed by atoms with E-state index < -0.39 is 0 Å². The number of carbonyl (C=O) groups excluding carboxylic acids is 1. The van der Waals surface area contributed by atoms with E-state index >= 15 is 0 Å². The zero-order valence-corrected chi connectivity index (χ0v) is 15.2. The summed E-state index contributed by atoms with van der Waals surface area (Å²) >= 11 is 13.1. The molecule has 0 aromatic heterocycles. The molecule has 0 atom stereocenters. The van der Waals surface area contributed by atoms with E-state index in [1.54, 1.807) is 6.07 Å². The summed E-state index contributed by atoms with van der Waals surface area (Å²) in [5, 5.41) is 4.46. The molecular weight excluding hydrogens is 405 g/mol. The van der Waals surface area contributed by atoms with Crippen molar-refractivity contribution in [2.45, 2.75) is 32.1 Å². The van der Waals surface area contributed by atoms with Crippen LogP contribution in [-0.4, -0.2) is 17.8 Å². The van der Waals surface area contributed by atoms with Gasteiger partial charge in [-0.1, -0.05) is 52.9 Å². The quantitative estimate of drug-likeness (QED) is 0.665. The third-order valence-corrected chi connectivity index (χ3v) is 6.50. The van der Waals surface area contributed by atoms with E-state index in [2.05, 4.69) is 37.2 Å². The third-order valence-electron chi connectivity index (χ3n) is 4.02. The molecule has 0 heterocycles. The number of carbonyl (C=O) groups is 1. The summed E-state index contributed by atoms with van der Waals surface area (Å²) in [5.41, 5.74) is 0.730. The molecule has 1 N–H and O–H groups in total. The molecule has 2 nitrogen and oxygen atoms in total. The summed E-state index contributed by atoms with van der Waals surface area (Å²) in [6.45, 7) is 0.708. The van der Waals surface area contributed by atoms with Gasteiger partial charge in [-0.15, -0.1) is 0 Å². The molecule has 1 aliphatic rings. The van der Waals surface area contributed by atoms with Crippen LogP contribution in [0.1, 0.15) is 42.5 Å². The van der Waals surface area contributed by atoms with Crippen molar-refractivity contribution in [1.29, 1.82) is 0 Å². The number of amides is 1. The van der Waals surface area contributed by atoms with Crippen molar-refractivity contribution in [3.8, 4) is 0 Å². The van der Waals surface area contributed by atoms with E-state index in [-0.39, 0.29) is 11.3 Å². The molecule has 0 aliphatic heterocycles. The second kappa shape index (κ2) is 7.28. The average molecular weight is 424 g/mol. The first kappa shape index (κ1) is 16.3. The SMILES string of the molecule is O=C(NCC1(CBr)CCCCC1)c1cccc(Br)c1Cl. The van der Waals surface area contributed by atoms with Crippen LogP contribution in [0.3, 0.4) is 0 Å². The van der Waals surface area contributed by atoms with Gasteiger partial charge >= 0.3 is 0 Å². The Kier molecular flexibility index (Phi) is 5.94. The molecule has 1 aliphatic carbocycles. The first-order chi connectivity index (χ1) is 9.58. The number of halogens is 3. The second-order valence-corrected chi connectivity index (χ2v) is 7.27. The molecule has 2 rings (SSSR count). The van der Waals surface area contributed by atoms with Crippen molar-refractivity contribution >= 4 is 49.4 Å². The topological polar surface area (TPSA) is 29.1 Å². The summed E-state index contributed by atoms with van der Waals surface area (Å²) in [6, 6.07) is 5.41. The van der Waals surface area contributed by atoms with Crippen LogP contribution >= 0.6 is 43.5 Å². The Morgan fingerprint density at radius 3 is 2.65 bits per heavy atom. The molecule has 0 spiro atoms. The smallest absolute Gasteiger partial charge is 0.252 e. The van der Waals surface area contributed by atoms with Crippen molar-refractivity contribution in [2.24, 2.45) is 5.41 Å². The number of hydrogen-bond donors (Lipinski definition) is 1. The molecule has 0 radical (unpaired) electrons. The lowest BCUT2D eigenvalue weighted by Gasteiger charge is -2.35. The fourth-order valence-electron chi connectivity index (χ4n) is 2.70. The van der Waals surface area contributed by atoms with Crippen molar-refractivity contribution in [2.75, 3.05) is 11.9 Å². The number of alkyl halides is 1. The molecule has 1 saturated carbocycles. The van der Waals surface area contributed by atoms with Crippen LogP contribution in [0.4, 0.5) is 0 Å². The maximum Gasteiger partial charge on any atom is 0.252 e. The van der Waals surface area contributed by atoms with E-state index in [4.69, 9.17) is 11.6 Å². The zero-order valence-electron chi connectivity index (χ0n) is 11.2. The van der Waals surface area contributed by atoms with E-state index in [0.29, 0.717) is 17.1 Å². The van der Waals surface area contributed by atoms with E-state index in [9.17, 15) is 4.79 Å². The first-order valence-corrected chi connectivity index (χ1v) is 9.15. The van der Waals surface area contributed by atoms with Gasteiger partial charge < -0.3 is 5.32 Å². The molecule has 1 aromatic carbocycles. The Bertz CT molecular complexity index is 487. The van der Waals surface area contributed by atoms with Gasteiger partial charge in [-0.25, -0.2) is 0 Å². The number of hydrogen-bond acceptors (Lipinski definition) is 1. The molecular formula is C15H18Br2ClNO. The minimum absolute atomic E-state index is 0.0952. The highest BCUT2D eigenvalue weighted by Gasteiger charge is 2.31. The number of rotatable bonds is 4. The van der Waals surface area contributed by atoms with Crippen molar-refractivity contribution in [3.63, 3.8) is 0 Å². The number of benzene rings is 1. The van der Waals surface area contributed by atoms with Crippen LogP contribution in [0.15, 0.2) is 22.7 Å². The van der Waals surface area contributed by atoms with Gasteiger partial charge in [0.1, 0.15) is 0 Å². The Hall–Kier alpha value is -0.0600. The largest absolute Gasteiger partial charge is 0.351 e. The highest BCUT2D eigenvalue weighted by molar-refractivity contribution is 9.10. The Labute approximate surface area is 141 Å². The molecule has 0 unspecified atom stereocenters. The lowest BCUT2D eigenvalue weighted by atomic mass is 9.75. The lowest BCUT2D eigenvalue weighted by molar-refractivity contribution is 0.0922. The minimum atomic E-state index is -0.0952. The van der Waals surface area contributed by atoms with Crippen LogP contribution in [0.5, 0.6) is 0 Å². The maximum atomic E-state index is 12.3. The summed E-state index contributed by atoms with van der Waals surface area (Å²) in [7, 11) is 0. The van der Waals surface area contributed by atoms with Crippen LogP contribution in [0.2, 0.25) is 5.02 Å². The molecule has 5 heteroatoms. The van der Waals surface area contributed by atoms with Crippen LogP contribution in [-0.2, 0) is 0 Å². The normalized spacial score (nSPS) is 17.8. The summed E-state index contributed by atoms with van der Waals surface area (Å²) in [6.07, 6.45) is 6.15. The summed E-state index contributed by atoms with van der Waals surface area (Å²) in [5.74, 6) is -0.0952. The summed E-state index contributed by atoms with van der Waals surface area (Å²) in [4.78, 5) is 12.3. The molecule has 110 valence electrons. The third kappa shape index (κ3) is 3.77. The van der Waals surface area contributed by atoms with Crippen LogP contribution in [0, 0.1) is 5.41 Å². The average Bonchev–Trinajstić information content (AvgIpc) is 2.48. The molecule has 1 fully saturated rings. The molecule has 1 aromatic rings. The van der Waals surface area contributed by atoms with Gasteiger partial charge in [0.05, 0.1) is 10.6 Å². The number of nitrogens with one attached hydrogen (secondary N) is 1. The van der Waals surface area contributed by atoms with Gasteiger partial charge in [-0.2, -0.15) is 0 Å². The van der Waals surface area contributed by atoms with Gasteiger partial charge in [0.2, 0.25) is 0 Å². The van der Waals surface area contributed by atoms with Crippen molar-refractivity contribution in [3.05, 3.63) is 33.3 Å². The van der Waals surface area contributed by atoms with Gasteiger partial charge in [0, 0.05) is 16.3 Å². The fourth-order valence-corrected chi connectivity index (χ4v) is 4.04. The van der Waals surface area contributed by atoms with E-state index in [1.165, 1.54) is 32.1 Å². The Morgan fingerprint density at radius 2 is 2.00 bits per heavy atom. The van der Waals surface area contributed by atoms with Crippen molar-refractivity contribution < 1.29 is 4.79 Å². The molecule has 0 saturated heterocycles. The highest BCUT2D eigenvalue weighted by Crippen LogP contribution is 2.37. The van der Waals surface area contributed by atoms with Gasteiger partial charge in [0.15, 0.2) is 0 Å². The molecule has 1 amide bonds. The summed E-state index contributed by atoms with van der Waals surface area (Å²) < 4.78 is 0.750. The predicted octanol–water partition coefficient (Wildman–Crippen LogP) is 5.18. The van der Waals surface area contributed by atoms with E-state index in [1.807, 2.05) is 12.1 Å². The Balaban J connectivity index is 2.02. The standard InChI is InChI=1S/C15H18Br2ClNO/c16-9-15(7-2-1-3-8-15)10-19-14(20)11-5-4-6-12(17)13(11)18/h4-6H,1-3,7-10H2,(H,19,20). The van der Waals surface area contributed by atoms with Crippen molar-refractivity contribution in [1.82, 2.24) is 5.32 Å². The van der Waals surface area contributed by atoms with Crippen LogP contribution < -0.4 is 5.32 Å². The first-order valence-electron chi connectivity index (χ1n) is 6.86. The van der Waals surface area contributed by atoms with E-state index in [0.717, 1.165) is 9.80 Å². The Morgan fingerprint density at radius 1 is 1.30 bits per heavy atom. The van der Waals surface area contributed by atoms with Gasteiger partial charge in [0.25, 0.3) is 5.91 Å². The minimum Gasteiger partial charge on any atom is -0.351 e. The molecule has 0 bridgehead atoms. The van der Waals surface area contributed by atoms with Crippen LogP contribution in [0.25, 0.3) is 0 Å². The zero-order chi connectivity index (χ0) is 14.6. The monoisotopic (exact) mass is 421 g/mol. The highest BCUT2D eigenvalue weighted by atomic mass is 79.9. The van der Waals surface area contributed by atoms with Gasteiger partial charge in [-0.05, 0) is 46.3 Å². The molecule has 20 heavy (non-hydrogen) atoms. The lowest BCUT2D eigenvalue weighted by Crippen LogP contribution is -2.40. The predicted molar refractivity (Wildman–Crippen MR) is 90.8 cm³/mol. The van der Waals surface area contributed by atoms with Gasteiger partial charge in [-0.3, -0.25) is 4.79 Å². The fraction of sp³-hybridized carbons (Fsp3) is 0.533.